The minimum Gasteiger partial charge on any atom is -0.459 e. The van der Waals surface area contributed by atoms with E-state index in [1.165, 1.54) is 0 Å². The van der Waals surface area contributed by atoms with Gasteiger partial charge in [0.15, 0.2) is 0 Å². The molecule has 0 aromatic carbocycles. The molecule has 82 valence electrons. The minimum absolute atomic E-state index is 0.0930. The van der Waals surface area contributed by atoms with Gasteiger partial charge in [-0.2, -0.15) is 0 Å². The van der Waals surface area contributed by atoms with Gasteiger partial charge in [-0.3, -0.25) is 0 Å². The average Bonchev–Trinajstić information content (AvgIpc) is 2.18. The minimum atomic E-state index is -0.337. The van der Waals surface area contributed by atoms with E-state index < -0.39 is 0 Å². The molecule has 1 unspecified atom stereocenters. The van der Waals surface area contributed by atoms with Crippen molar-refractivity contribution in [2.75, 3.05) is 0 Å². The Labute approximate surface area is 98.0 Å². The molecule has 1 rings (SSSR count). The Bertz CT molecular complexity index is 352. The van der Waals surface area contributed by atoms with Gasteiger partial charge in [0.05, 0.1) is 5.56 Å². The number of carbonyl (C=O) groups is 1. The van der Waals surface area contributed by atoms with Gasteiger partial charge >= 0.3 is 5.97 Å². The Kier molecular flexibility index (Phi) is 4.27. The Morgan fingerprint density at radius 2 is 2.13 bits per heavy atom. The third-order valence-corrected chi connectivity index (χ3v) is 2.84. The van der Waals surface area contributed by atoms with Crippen LogP contribution in [0.25, 0.3) is 0 Å². The predicted molar refractivity (Wildman–Crippen MR) is 61.7 cm³/mol. The molecule has 0 saturated heterocycles. The Hall–Kier alpha value is -0.900. The number of aromatic nitrogens is 1. The number of carbonyl (C=O) groups excluding carboxylic acids is 1. The lowest BCUT2D eigenvalue weighted by Crippen LogP contribution is -2.20. The second-order valence-corrected chi connectivity index (χ2v) is 4.45. The molecule has 0 radical (unpaired) electrons. The van der Waals surface area contributed by atoms with E-state index in [4.69, 9.17) is 4.74 Å². The molecule has 1 aromatic heterocycles. The lowest BCUT2D eigenvalue weighted by atomic mass is 10.1. The van der Waals surface area contributed by atoms with Crippen molar-refractivity contribution >= 4 is 21.9 Å². The molecule has 1 heterocycles. The summed E-state index contributed by atoms with van der Waals surface area (Å²) < 4.78 is 5.79. The summed E-state index contributed by atoms with van der Waals surface area (Å²) in [6.45, 7) is 5.90. The number of halogens is 1. The highest BCUT2D eigenvalue weighted by atomic mass is 79.9. The van der Waals surface area contributed by atoms with E-state index in [2.05, 4.69) is 20.9 Å². The van der Waals surface area contributed by atoms with Gasteiger partial charge in [-0.05, 0) is 40.9 Å². The molecule has 4 heteroatoms. The predicted octanol–water partition coefficient (Wildman–Crippen LogP) is 3.05. The molecule has 0 aliphatic heterocycles. The maximum Gasteiger partial charge on any atom is 0.341 e. The third-order valence-electron chi connectivity index (χ3n) is 2.21. The number of rotatable bonds is 3. The molecule has 0 spiro atoms. The van der Waals surface area contributed by atoms with E-state index >= 15 is 0 Å². The first-order valence-corrected chi connectivity index (χ1v) is 5.63. The second kappa shape index (κ2) is 5.26. The van der Waals surface area contributed by atoms with Gasteiger partial charge in [0.2, 0.25) is 0 Å². The SMILES string of the molecule is CC(C)C(C)OC(=O)c1cccnc1Br. The van der Waals surface area contributed by atoms with Crippen molar-refractivity contribution in [3.05, 3.63) is 28.5 Å². The lowest BCUT2D eigenvalue weighted by molar-refractivity contribution is 0.0236. The Morgan fingerprint density at radius 3 is 2.67 bits per heavy atom. The fraction of sp³-hybridized carbons (Fsp3) is 0.455. The quantitative estimate of drug-likeness (QED) is 0.627. The highest BCUT2D eigenvalue weighted by Crippen LogP contribution is 2.16. The van der Waals surface area contributed by atoms with Crippen molar-refractivity contribution in [3.8, 4) is 0 Å². The van der Waals surface area contributed by atoms with Crippen LogP contribution in [0.1, 0.15) is 31.1 Å². The topological polar surface area (TPSA) is 39.2 Å². The van der Waals surface area contributed by atoms with Crippen molar-refractivity contribution in [3.63, 3.8) is 0 Å². The first-order chi connectivity index (χ1) is 7.02. The van der Waals surface area contributed by atoms with E-state index in [-0.39, 0.29) is 12.1 Å². The highest BCUT2D eigenvalue weighted by molar-refractivity contribution is 9.10. The fourth-order valence-electron chi connectivity index (χ4n) is 0.907. The van der Waals surface area contributed by atoms with Gasteiger partial charge in [0.1, 0.15) is 10.7 Å². The number of hydrogen-bond acceptors (Lipinski definition) is 3. The van der Waals surface area contributed by atoms with Crippen LogP contribution >= 0.6 is 15.9 Å². The van der Waals surface area contributed by atoms with Crippen LogP contribution in [0.5, 0.6) is 0 Å². The monoisotopic (exact) mass is 271 g/mol. The molecular formula is C11H14BrNO2. The van der Waals surface area contributed by atoms with Gasteiger partial charge in [-0.15, -0.1) is 0 Å². The molecule has 1 atom stereocenters. The highest BCUT2D eigenvalue weighted by Gasteiger charge is 2.17. The Balaban J connectivity index is 2.74. The smallest absolute Gasteiger partial charge is 0.341 e. The average molecular weight is 272 g/mol. The van der Waals surface area contributed by atoms with Crippen LogP contribution in [0.2, 0.25) is 0 Å². The molecule has 0 N–H and O–H groups in total. The van der Waals surface area contributed by atoms with Gasteiger partial charge in [0, 0.05) is 6.20 Å². The fourth-order valence-corrected chi connectivity index (χ4v) is 1.32. The van der Waals surface area contributed by atoms with Crippen molar-refractivity contribution in [2.24, 2.45) is 5.92 Å². The first kappa shape index (κ1) is 12.2. The molecule has 1 aromatic rings. The van der Waals surface area contributed by atoms with Crippen LogP contribution in [0.3, 0.4) is 0 Å². The summed E-state index contributed by atoms with van der Waals surface area (Å²) in [4.78, 5) is 15.7. The first-order valence-electron chi connectivity index (χ1n) is 4.84. The van der Waals surface area contributed by atoms with E-state index in [1.807, 2.05) is 20.8 Å². The summed E-state index contributed by atoms with van der Waals surface area (Å²) in [6, 6.07) is 3.40. The van der Waals surface area contributed by atoms with E-state index in [0.717, 1.165) is 0 Å². The summed E-state index contributed by atoms with van der Waals surface area (Å²) in [7, 11) is 0. The second-order valence-electron chi connectivity index (χ2n) is 3.70. The number of pyridine rings is 1. The van der Waals surface area contributed by atoms with Crippen LogP contribution in [0, 0.1) is 5.92 Å². The number of ether oxygens (including phenoxy) is 1. The zero-order valence-electron chi connectivity index (χ0n) is 9.03. The molecule has 0 bridgehead atoms. The standard InChI is InChI=1S/C11H14BrNO2/c1-7(2)8(3)15-11(14)9-5-4-6-13-10(9)12/h4-8H,1-3H3. The zero-order valence-corrected chi connectivity index (χ0v) is 10.6. The van der Waals surface area contributed by atoms with Crippen LogP contribution < -0.4 is 0 Å². The van der Waals surface area contributed by atoms with Crippen molar-refractivity contribution in [2.45, 2.75) is 26.9 Å². The van der Waals surface area contributed by atoms with Gasteiger partial charge < -0.3 is 4.74 Å². The van der Waals surface area contributed by atoms with E-state index in [0.29, 0.717) is 16.1 Å². The molecular weight excluding hydrogens is 258 g/mol. The molecule has 0 aliphatic rings. The largest absolute Gasteiger partial charge is 0.459 e. The third kappa shape index (κ3) is 3.30. The van der Waals surface area contributed by atoms with Gasteiger partial charge in [0.25, 0.3) is 0 Å². The molecule has 0 saturated carbocycles. The molecule has 0 amide bonds. The van der Waals surface area contributed by atoms with Gasteiger partial charge in [-0.25, -0.2) is 9.78 Å². The van der Waals surface area contributed by atoms with Crippen LogP contribution in [0.15, 0.2) is 22.9 Å². The summed E-state index contributed by atoms with van der Waals surface area (Å²) in [6.07, 6.45) is 1.52. The molecule has 0 fully saturated rings. The van der Waals surface area contributed by atoms with E-state index in [9.17, 15) is 4.79 Å². The zero-order chi connectivity index (χ0) is 11.4. The van der Waals surface area contributed by atoms with Crippen LogP contribution in [-0.4, -0.2) is 17.1 Å². The summed E-state index contributed by atoms with van der Waals surface area (Å²) in [5, 5.41) is 0. The number of hydrogen-bond donors (Lipinski definition) is 0. The number of esters is 1. The Morgan fingerprint density at radius 1 is 1.47 bits per heavy atom. The maximum absolute atomic E-state index is 11.7. The van der Waals surface area contributed by atoms with Crippen LogP contribution in [0.4, 0.5) is 0 Å². The number of nitrogens with zero attached hydrogens (tertiary/aromatic N) is 1. The van der Waals surface area contributed by atoms with Crippen LogP contribution in [-0.2, 0) is 4.74 Å². The van der Waals surface area contributed by atoms with Crippen molar-refractivity contribution in [1.82, 2.24) is 4.98 Å². The molecule has 3 nitrogen and oxygen atoms in total. The summed E-state index contributed by atoms with van der Waals surface area (Å²) >= 11 is 3.21. The van der Waals surface area contributed by atoms with E-state index in [1.54, 1.807) is 18.3 Å². The van der Waals surface area contributed by atoms with Crippen molar-refractivity contribution < 1.29 is 9.53 Å². The summed E-state index contributed by atoms with van der Waals surface area (Å²) in [5.74, 6) is -0.0272. The lowest BCUT2D eigenvalue weighted by Gasteiger charge is -2.16. The maximum atomic E-state index is 11.7. The molecule has 15 heavy (non-hydrogen) atoms. The summed E-state index contributed by atoms with van der Waals surface area (Å²) in [5.41, 5.74) is 0.463. The van der Waals surface area contributed by atoms with Crippen molar-refractivity contribution in [1.29, 1.82) is 0 Å². The normalized spacial score (nSPS) is 12.6. The molecule has 0 aliphatic carbocycles. The van der Waals surface area contributed by atoms with Gasteiger partial charge in [-0.1, -0.05) is 13.8 Å².